The maximum absolute atomic E-state index is 12.3. The lowest BCUT2D eigenvalue weighted by atomic mass is 9.73. The third kappa shape index (κ3) is 7.56. The third-order valence-corrected chi connectivity index (χ3v) is 9.39. The lowest BCUT2D eigenvalue weighted by Gasteiger charge is -2.41. The Hall–Kier alpha value is -3.27. The van der Waals surface area contributed by atoms with Crippen LogP contribution in [0.15, 0.2) is 65.6 Å². The molecule has 1 aliphatic heterocycles. The highest BCUT2D eigenvalue weighted by atomic mass is 35.5. The number of fused-ring (bicyclic) bond motifs is 2. The average molecular weight is 613 g/mol. The topological polar surface area (TPSA) is 108 Å². The van der Waals surface area contributed by atoms with Gasteiger partial charge in [0.15, 0.2) is 0 Å². The first kappa shape index (κ1) is 30.2. The van der Waals surface area contributed by atoms with E-state index < -0.39 is 10.0 Å². The van der Waals surface area contributed by atoms with Gasteiger partial charge in [0.1, 0.15) is 18.1 Å². The highest BCUT2D eigenvalue weighted by molar-refractivity contribution is 7.89. The minimum Gasteiger partial charge on any atom is -0.493 e. The van der Waals surface area contributed by atoms with E-state index in [-0.39, 0.29) is 17.3 Å². The molecule has 0 aromatic heterocycles. The van der Waals surface area contributed by atoms with Crippen molar-refractivity contribution in [2.24, 2.45) is 17.0 Å². The van der Waals surface area contributed by atoms with Gasteiger partial charge in [-0.2, -0.15) is 0 Å². The molecule has 1 saturated carbocycles. The molecule has 1 aliphatic carbocycles. The van der Waals surface area contributed by atoms with E-state index in [9.17, 15) is 13.2 Å². The second kappa shape index (κ2) is 13.4. The number of carbonyl (C=O) groups excluding carboxylic acids is 1. The number of hydrogen-bond acceptors (Lipinski definition) is 7. The fourth-order valence-electron chi connectivity index (χ4n) is 5.66. The van der Waals surface area contributed by atoms with Crippen LogP contribution in [0.4, 0.5) is 5.69 Å². The van der Waals surface area contributed by atoms with Crippen LogP contribution in [0, 0.1) is 11.8 Å². The van der Waals surface area contributed by atoms with Crippen LogP contribution >= 0.6 is 11.6 Å². The van der Waals surface area contributed by atoms with E-state index >= 15 is 0 Å². The summed E-state index contributed by atoms with van der Waals surface area (Å²) < 4.78 is 41.8. The van der Waals surface area contributed by atoms with E-state index in [1.165, 1.54) is 18.7 Å². The quantitative estimate of drug-likeness (QED) is 0.333. The number of anilines is 1. The number of hydrogen-bond donors (Lipinski definition) is 1. The maximum atomic E-state index is 12.3. The number of nitrogens with zero attached hydrogens (tertiary/aromatic N) is 1. The Bertz CT molecular complexity index is 1530. The van der Waals surface area contributed by atoms with Crippen LogP contribution in [-0.2, 0) is 39.0 Å². The molecule has 0 radical (unpaired) electrons. The molecule has 10 heteroatoms. The second-order valence-corrected chi connectivity index (χ2v) is 13.1. The van der Waals surface area contributed by atoms with E-state index in [0.29, 0.717) is 35.8 Å². The van der Waals surface area contributed by atoms with Gasteiger partial charge >= 0.3 is 5.97 Å². The Kier molecular flexibility index (Phi) is 9.60. The van der Waals surface area contributed by atoms with Gasteiger partial charge in [-0.25, -0.2) is 13.6 Å². The summed E-state index contributed by atoms with van der Waals surface area (Å²) >= 11 is 6.29. The van der Waals surface area contributed by atoms with Crippen LogP contribution in [0.3, 0.4) is 0 Å². The molecule has 2 aliphatic rings. The molecule has 8 nitrogen and oxygen atoms in total. The minimum absolute atomic E-state index is 0.0669. The summed E-state index contributed by atoms with van der Waals surface area (Å²) in [6.07, 6.45) is 5.09. The van der Waals surface area contributed by atoms with Gasteiger partial charge in [0, 0.05) is 18.1 Å². The van der Waals surface area contributed by atoms with Crippen LogP contribution in [0.1, 0.15) is 42.4 Å². The second-order valence-electron chi connectivity index (χ2n) is 11.1. The van der Waals surface area contributed by atoms with Crippen LogP contribution in [0.25, 0.3) is 0 Å². The molecule has 2 atom stereocenters. The zero-order valence-corrected chi connectivity index (χ0v) is 25.3. The Labute approximate surface area is 252 Å². The Morgan fingerprint density at radius 2 is 1.88 bits per heavy atom. The summed E-state index contributed by atoms with van der Waals surface area (Å²) in [6, 6.07) is 18.3. The van der Waals surface area contributed by atoms with Gasteiger partial charge in [-0.05, 0) is 103 Å². The summed E-state index contributed by atoms with van der Waals surface area (Å²) in [4.78, 5) is 14.0. The third-order valence-electron chi connectivity index (χ3n) is 8.24. The lowest BCUT2D eigenvalue weighted by molar-refractivity contribution is -0.139. The van der Waals surface area contributed by atoms with Crippen LogP contribution in [0.2, 0.25) is 5.02 Å². The molecule has 224 valence electrons. The van der Waals surface area contributed by atoms with Gasteiger partial charge in [-0.15, -0.1) is 0 Å². The number of ether oxygens (including phenoxy) is 3. The summed E-state index contributed by atoms with van der Waals surface area (Å²) in [5.41, 5.74) is 3.83. The number of nitrogens with two attached hydrogens (primary N) is 1. The van der Waals surface area contributed by atoms with Crippen molar-refractivity contribution in [2.75, 3.05) is 31.7 Å². The Balaban J connectivity index is 1.33. The van der Waals surface area contributed by atoms with E-state index in [0.717, 1.165) is 67.8 Å². The van der Waals surface area contributed by atoms with Gasteiger partial charge in [0.25, 0.3) is 0 Å². The van der Waals surface area contributed by atoms with Crippen molar-refractivity contribution in [1.82, 2.24) is 0 Å². The number of methoxy groups -OCH3 is 1. The lowest BCUT2D eigenvalue weighted by Crippen LogP contribution is -2.41. The number of aryl methyl sites for hydroxylation is 1. The predicted molar refractivity (Wildman–Crippen MR) is 163 cm³/mol. The summed E-state index contributed by atoms with van der Waals surface area (Å²) in [5.74, 6) is 1.79. The molecule has 1 heterocycles. The van der Waals surface area contributed by atoms with Crippen molar-refractivity contribution in [1.29, 1.82) is 0 Å². The largest absolute Gasteiger partial charge is 0.493 e. The van der Waals surface area contributed by atoms with Crippen molar-refractivity contribution in [2.45, 2.75) is 50.0 Å². The number of esters is 1. The fraction of sp³-hybridized carbons (Fsp3) is 0.406. The highest BCUT2D eigenvalue weighted by Crippen LogP contribution is 2.39. The van der Waals surface area contributed by atoms with Crippen molar-refractivity contribution in [3.8, 4) is 11.5 Å². The van der Waals surface area contributed by atoms with Gasteiger partial charge < -0.3 is 19.1 Å². The fourth-order valence-corrected chi connectivity index (χ4v) is 6.39. The Morgan fingerprint density at radius 3 is 2.64 bits per heavy atom. The molecule has 0 unspecified atom stereocenters. The van der Waals surface area contributed by atoms with E-state index in [1.54, 1.807) is 12.1 Å². The molecule has 0 spiro atoms. The summed E-state index contributed by atoms with van der Waals surface area (Å²) in [7, 11) is -2.51. The number of primary sulfonamides is 1. The molecule has 3 aromatic rings. The number of halogens is 1. The van der Waals surface area contributed by atoms with Gasteiger partial charge in [-0.1, -0.05) is 29.8 Å². The smallest absolute Gasteiger partial charge is 0.309 e. The molecule has 42 heavy (non-hydrogen) atoms. The van der Waals surface area contributed by atoms with Crippen LogP contribution < -0.4 is 19.5 Å². The van der Waals surface area contributed by atoms with Crippen molar-refractivity contribution in [3.05, 3.63) is 82.4 Å². The minimum atomic E-state index is -3.89. The molecule has 1 fully saturated rings. The normalized spacial score (nSPS) is 18.9. The summed E-state index contributed by atoms with van der Waals surface area (Å²) in [6.45, 7) is 2.42. The monoisotopic (exact) mass is 612 g/mol. The van der Waals surface area contributed by atoms with Crippen LogP contribution in [-0.4, -0.2) is 41.2 Å². The number of rotatable bonds is 8. The molecule has 0 bridgehead atoms. The van der Waals surface area contributed by atoms with Gasteiger partial charge in [0.2, 0.25) is 10.0 Å². The average Bonchev–Trinajstić information content (AvgIpc) is 2.98. The van der Waals surface area contributed by atoms with E-state index in [2.05, 4.69) is 4.90 Å². The molecule has 0 saturated heterocycles. The first-order chi connectivity index (χ1) is 20.2. The zero-order valence-electron chi connectivity index (χ0n) is 23.8. The van der Waals surface area contributed by atoms with Crippen LogP contribution in [0.5, 0.6) is 11.5 Å². The first-order valence-corrected chi connectivity index (χ1v) is 16.2. The Morgan fingerprint density at radius 1 is 1.05 bits per heavy atom. The van der Waals surface area contributed by atoms with Crippen molar-refractivity contribution < 1.29 is 27.4 Å². The maximum Gasteiger partial charge on any atom is 0.309 e. The SMILES string of the molecule is COC(=O)Cc1cccc(OC[C@@H]2CC[C@H]2CN2CCCCc3cc(Cl)ccc3COc3ccc(S(N)(=O)=O)cc32)c1. The zero-order chi connectivity index (χ0) is 29.7. The molecular weight excluding hydrogens is 576 g/mol. The molecular formula is C32H37ClN2O6S. The molecule has 2 N–H and O–H groups in total. The predicted octanol–water partition coefficient (Wildman–Crippen LogP) is 5.53. The van der Waals surface area contributed by atoms with Crippen molar-refractivity contribution in [3.63, 3.8) is 0 Å². The van der Waals surface area contributed by atoms with E-state index in [4.69, 9.17) is 31.0 Å². The van der Waals surface area contributed by atoms with Crippen molar-refractivity contribution >= 4 is 33.3 Å². The molecule has 5 rings (SSSR count). The van der Waals surface area contributed by atoms with Gasteiger partial charge in [0.05, 0.1) is 30.7 Å². The number of carbonyl (C=O) groups is 1. The number of sulfonamides is 1. The molecule has 3 aromatic carbocycles. The number of benzene rings is 3. The summed E-state index contributed by atoms with van der Waals surface area (Å²) in [5, 5.41) is 6.23. The van der Waals surface area contributed by atoms with E-state index in [1.807, 2.05) is 42.5 Å². The highest BCUT2D eigenvalue weighted by Gasteiger charge is 2.34. The molecule has 0 amide bonds. The van der Waals surface area contributed by atoms with Gasteiger partial charge in [-0.3, -0.25) is 4.79 Å². The standard InChI is InChI=1S/C32H37ClN2O6S/c1-39-32(36)16-22-5-4-7-28(15-22)40-20-26-9-8-24(26)19-35-14-3-2-6-23-17-27(33)11-10-25(23)21-41-31-13-12-29(18-30(31)35)42(34,37)38/h4-5,7,10-13,15,17-18,24,26H,2-3,6,8-9,14,16,19-21H2,1H3,(H2,34,37,38)/t24-,26-/m0/s1. The first-order valence-electron chi connectivity index (χ1n) is 14.3.